The summed E-state index contributed by atoms with van der Waals surface area (Å²) in [5, 5.41) is 8.78. The van der Waals surface area contributed by atoms with E-state index in [0.717, 1.165) is 6.54 Å². The lowest BCUT2D eigenvalue weighted by Crippen LogP contribution is -2.54. The van der Waals surface area contributed by atoms with Crippen LogP contribution in [0.2, 0.25) is 0 Å². The molecule has 1 amide bonds. The Kier molecular flexibility index (Phi) is 3.50. The molecule has 0 aliphatic carbocycles. The summed E-state index contributed by atoms with van der Waals surface area (Å²) in [6, 6.07) is 0.190. The molecule has 1 heterocycles. The minimum Gasteiger partial charge on any atom is -0.465 e. The second kappa shape index (κ2) is 4.43. The van der Waals surface area contributed by atoms with Crippen LogP contribution >= 0.6 is 0 Å². The van der Waals surface area contributed by atoms with Gasteiger partial charge in [-0.3, -0.25) is 4.90 Å². The number of amides is 1. The molecule has 1 aliphatic rings. The number of likely N-dealkylation sites (N-methyl/N-ethyl adjacent to an activating group) is 1. The highest BCUT2D eigenvalue weighted by atomic mass is 16.5. The molecule has 0 radical (unpaired) electrons. The average Bonchev–Trinajstić information content (AvgIpc) is 2.08. The lowest BCUT2D eigenvalue weighted by molar-refractivity contribution is 0.0415. The molecule has 5 heteroatoms. The molecule has 13 heavy (non-hydrogen) atoms. The van der Waals surface area contributed by atoms with Crippen LogP contribution < -0.4 is 0 Å². The van der Waals surface area contributed by atoms with Crippen LogP contribution in [0, 0.1) is 0 Å². The Morgan fingerprint density at radius 2 is 2.31 bits per heavy atom. The van der Waals surface area contributed by atoms with Crippen LogP contribution in [0.3, 0.4) is 0 Å². The summed E-state index contributed by atoms with van der Waals surface area (Å²) in [6.45, 7) is 2.49. The van der Waals surface area contributed by atoms with Crippen LogP contribution in [-0.2, 0) is 4.74 Å². The molecule has 0 saturated carbocycles. The van der Waals surface area contributed by atoms with E-state index in [4.69, 9.17) is 9.84 Å². The average molecular weight is 188 g/mol. The summed E-state index contributed by atoms with van der Waals surface area (Å²) < 4.78 is 5.02. The topological polar surface area (TPSA) is 53.0 Å². The van der Waals surface area contributed by atoms with Gasteiger partial charge in [-0.05, 0) is 7.05 Å². The highest BCUT2D eigenvalue weighted by molar-refractivity contribution is 5.65. The number of rotatable bonds is 2. The van der Waals surface area contributed by atoms with Gasteiger partial charge < -0.3 is 14.7 Å². The Labute approximate surface area is 77.9 Å². The van der Waals surface area contributed by atoms with Crippen molar-refractivity contribution in [2.24, 2.45) is 0 Å². The Morgan fingerprint density at radius 1 is 1.62 bits per heavy atom. The van der Waals surface area contributed by atoms with Crippen LogP contribution in [0.25, 0.3) is 0 Å². The number of hydrogen-bond donors (Lipinski definition) is 1. The van der Waals surface area contributed by atoms with E-state index in [1.807, 2.05) is 7.05 Å². The van der Waals surface area contributed by atoms with Gasteiger partial charge in [-0.15, -0.1) is 0 Å². The largest absolute Gasteiger partial charge is 0.465 e. The van der Waals surface area contributed by atoms with E-state index < -0.39 is 6.09 Å². The molecule has 0 aromatic heterocycles. The minimum atomic E-state index is -0.839. The normalized spacial score (nSPS) is 24.8. The van der Waals surface area contributed by atoms with Gasteiger partial charge in [-0.25, -0.2) is 4.79 Å². The minimum absolute atomic E-state index is 0.190. The van der Waals surface area contributed by atoms with Crippen molar-refractivity contribution in [3.8, 4) is 0 Å². The van der Waals surface area contributed by atoms with Gasteiger partial charge in [0.15, 0.2) is 0 Å². The van der Waals surface area contributed by atoms with E-state index in [9.17, 15) is 4.79 Å². The quantitative estimate of drug-likeness (QED) is 0.659. The number of hydrogen-bond acceptors (Lipinski definition) is 3. The second-order valence-electron chi connectivity index (χ2n) is 3.32. The summed E-state index contributed by atoms with van der Waals surface area (Å²) in [4.78, 5) is 14.2. The number of carboxylic acid groups (broad SMARTS) is 1. The highest BCUT2D eigenvalue weighted by Gasteiger charge is 2.26. The fourth-order valence-electron chi connectivity index (χ4n) is 1.49. The van der Waals surface area contributed by atoms with Crippen molar-refractivity contribution < 1.29 is 14.6 Å². The molecule has 76 valence electrons. The number of nitrogens with zero attached hydrogens (tertiary/aromatic N) is 2. The summed E-state index contributed by atoms with van der Waals surface area (Å²) in [7, 11) is 3.62. The molecule has 1 rings (SSSR count). The van der Waals surface area contributed by atoms with Gasteiger partial charge in [-0.1, -0.05) is 0 Å². The second-order valence-corrected chi connectivity index (χ2v) is 3.32. The van der Waals surface area contributed by atoms with E-state index in [1.165, 1.54) is 4.90 Å². The Hall–Kier alpha value is -0.810. The predicted octanol–water partition coefficient (Wildman–Crippen LogP) is -0.0732. The Balaban J connectivity index is 2.47. The van der Waals surface area contributed by atoms with Crippen LogP contribution in [0.1, 0.15) is 0 Å². The van der Waals surface area contributed by atoms with E-state index in [2.05, 4.69) is 4.90 Å². The fourth-order valence-corrected chi connectivity index (χ4v) is 1.49. The van der Waals surface area contributed by atoms with Gasteiger partial charge in [0.1, 0.15) is 0 Å². The lowest BCUT2D eigenvalue weighted by atomic mass is 10.2. The van der Waals surface area contributed by atoms with E-state index in [-0.39, 0.29) is 6.04 Å². The number of methoxy groups -OCH3 is 1. The number of carbonyl (C=O) groups is 1. The molecule has 0 bridgehead atoms. The van der Waals surface area contributed by atoms with Crippen molar-refractivity contribution in [1.82, 2.24) is 9.80 Å². The number of piperazine rings is 1. The van der Waals surface area contributed by atoms with Crippen molar-refractivity contribution in [3.05, 3.63) is 0 Å². The van der Waals surface area contributed by atoms with Crippen molar-refractivity contribution in [2.75, 3.05) is 40.4 Å². The van der Waals surface area contributed by atoms with Crippen LogP contribution in [-0.4, -0.2) is 67.4 Å². The molecule has 1 aliphatic heterocycles. The monoisotopic (exact) mass is 188 g/mol. The third kappa shape index (κ3) is 2.57. The molecule has 0 spiro atoms. The Morgan fingerprint density at radius 3 is 2.85 bits per heavy atom. The lowest BCUT2D eigenvalue weighted by Gasteiger charge is -2.37. The molecule has 5 nitrogen and oxygen atoms in total. The number of ether oxygens (including phenoxy) is 1. The van der Waals surface area contributed by atoms with Crippen molar-refractivity contribution in [1.29, 1.82) is 0 Å². The first-order valence-electron chi connectivity index (χ1n) is 4.32. The van der Waals surface area contributed by atoms with E-state index in [1.54, 1.807) is 7.11 Å². The molecular weight excluding hydrogens is 172 g/mol. The van der Waals surface area contributed by atoms with Crippen molar-refractivity contribution >= 4 is 6.09 Å². The maximum Gasteiger partial charge on any atom is 0.407 e. The standard InChI is InChI=1S/C8H16N2O3/c1-9-3-4-10(8(11)12)5-7(9)6-13-2/h7H,3-6H2,1-2H3,(H,11,12). The van der Waals surface area contributed by atoms with Gasteiger partial charge in [0.05, 0.1) is 12.6 Å². The van der Waals surface area contributed by atoms with Crippen molar-refractivity contribution in [2.45, 2.75) is 6.04 Å². The maximum atomic E-state index is 10.7. The SMILES string of the molecule is COCC1CN(C(=O)O)CCN1C. The molecule has 1 atom stereocenters. The molecular formula is C8H16N2O3. The smallest absolute Gasteiger partial charge is 0.407 e. The molecule has 1 fully saturated rings. The van der Waals surface area contributed by atoms with Gasteiger partial charge in [0.25, 0.3) is 0 Å². The van der Waals surface area contributed by atoms with Gasteiger partial charge in [-0.2, -0.15) is 0 Å². The van der Waals surface area contributed by atoms with Crippen LogP contribution in [0.5, 0.6) is 0 Å². The first kappa shape index (κ1) is 10.3. The van der Waals surface area contributed by atoms with Crippen LogP contribution in [0.4, 0.5) is 4.79 Å². The van der Waals surface area contributed by atoms with E-state index >= 15 is 0 Å². The summed E-state index contributed by atoms with van der Waals surface area (Å²) in [5.41, 5.74) is 0. The zero-order chi connectivity index (χ0) is 9.84. The van der Waals surface area contributed by atoms with Gasteiger partial charge in [0.2, 0.25) is 0 Å². The zero-order valence-electron chi connectivity index (χ0n) is 8.06. The third-order valence-electron chi connectivity index (χ3n) is 2.41. The third-order valence-corrected chi connectivity index (χ3v) is 2.41. The van der Waals surface area contributed by atoms with E-state index in [0.29, 0.717) is 19.7 Å². The molecule has 1 N–H and O–H groups in total. The van der Waals surface area contributed by atoms with Gasteiger partial charge in [0, 0.05) is 26.7 Å². The zero-order valence-corrected chi connectivity index (χ0v) is 8.06. The first-order valence-corrected chi connectivity index (χ1v) is 4.32. The van der Waals surface area contributed by atoms with Crippen LogP contribution in [0.15, 0.2) is 0 Å². The molecule has 1 unspecified atom stereocenters. The highest BCUT2D eigenvalue weighted by Crippen LogP contribution is 2.07. The fraction of sp³-hybridized carbons (Fsp3) is 0.875. The maximum absolute atomic E-state index is 10.7. The molecule has 1 saturated heterocycles. The van der Waals surface area contributed by atoms with Gasteiger partial charge >= 0.3 is 6.09 Å². The first-order chi connectivity index (χ1) is 6.15. The Bertz CT molecular complexity index is 186. The molecule has 0 aromatic carbocycles. The summed E-state index contributed by atoms with van der Waals surface area (Å²) >= 11 is 0. The summed E-state index contributed by atoms with van der Waals surface area (Å²) in [5.74, 6) is 0. The van der Waals surface area contributed by atoms with Crippen molar-refractivity contribution in [3.63, 3.8) is 0 Å². The predicted molar refractivity (Wildman–Crippen MR) is 47.9 cm³/mol. The summed E-state index contributed by atoms with van der Waals surface area (Å²) in [6.07, 6.45) is -0.839. The molecule has 0 aromatic rings.